The standard InChI is InChI=1S/C9H9NO/c1-8(10-11)7-9-5-3-2-4-6-9/h2-7H,1H3. The van der Waals surface area contributed by atoms with E-state index < -0.39 is 0 Å². The minimum Gasteiger partial charge on any atom is -0.145 e. The first-order valence-corrected chi connectivity index (χ1v) is 3.39. The van der Waals surface area contributed by atoms with Crippen molar-refractivity contribution >= 4 is 6.08 Å². The summed E-state index contributed by atoms with van der Waals surface area (Å²) < 4.78 is 0. The van der Waals surface area contributed by atoms with Crippen molar-refractivity contribution in [1.29, 1.82) is 0 Å². The van der Waals surface area contributed by atoms with Gasteiger partial charge in [0.15, 0.2) is 0 Å². The summed E-state index contributed by atoms with van der Waals surface area (Å²) in [5.41, 5.74) is 1.50. The summed E-state index contributed by atoms with van der Waals surface area (Å²) in [4.78, 5) is 9.99. The lowest BCUT2D eigenvalue weighted by Crippen LogP contribution is -1.70. The zero-order valence-corrected chi connectivity index (χ0v) is 6.32. The van der Waals surface area contributed by atoms with Crippen LogP contribution in [0, 0.1) is 4.91 Å². The molecule has 0 bridgehead atoms. The fraction of sp³-hybridized carbons (Fsp3) is 0.111. The number of benzene rings is 1. The summed E-state index contributed by atoms with van der Waals surface area (Å²) in [6.07, 6.45) is 1.74. The average Bonchev–Trinajstić information content (AvgIpc) is 2.06. The van der Waals surface area contributed by atoms with Gasteiger partial charge in [-0.25, -0.2) is 0 Å². The number of hydrogen-bond acceptors (Lipinski definition) is 2. The molecule has 0 fully saturated rings. The molecular weight excluding hydrogens is 138 g/mol. The van der Waals surface area contributed by atoms with Crippen LogP contribution in [0.1, 0.15) is 12.5 Å². The molecule has 1 rings (SSSR count). The Labute approximate surface area is 65.5 Å². The lowest BCUT2D eigenvalue weighted by molar-refractivity contribution is 1.31. The van der Waals surface area contributed by atoms with Gasteiger partial charge < -0.3 is 0 Å². The summed E-state index contributed by atoms with van der Waals surface area (Å²) >= 11 is 0. The average molecular weight is 147 g/mol. The van der Waals surface area contributed by atoms with E-state index in [0.29, 0.717) is 5.70 Å². The van der Waals surface area contributed by atoms with E-state index in [1.807, 2.05) is 30.3 Å². The Hall–Kier alpha value is -1.44. The van der Waals surface area contributed by atoms with Crippen LogP contribution in [-0.2, 0) is 0 Å². The van der Waals surface area contributed by atoms with Gasteiger partial charge in [-0.2, -0.15) is 0 Å². The van der Waals surface area contributed by atoms with Gasteiger partial charge in [-0.3, -0.25) is 0 Å². The maximum atomic E-state index is 9.99. The second-order valence-corrected chi connectivity index (χ2v) is 2.29. The first kappa shape index (κ1) is 7.66. The van der Waals surface area contributed by atoms with Crippen molar-refractivity contribution < 1.29 is 0 Å². The SMILES string of the molecule is CC(=Cc1ccccc1)N=O. The predicted octanol–water partition coefficient (Wildman–Crippen LogP) is 2.81. The molecule has 1 aromatic rings. The van der Waals surface area contributed by atoms with E-state index in [2.05, 4.69) is 5.18 Å². The van der Waals surface area contributed by atoms with Gasteiger partial charge in [-0.15, -0.1) is 4.91 Å². The molecule has 2 heteroatoms. The van der Waals surface area contributed by atoms with Crippen LogP contribution < -0.4 is 0 Å². The normalized spacial score (nSPS) is 11.2. The van der Waals surface area contributed by atoms with Gasteiger partial charge in [0.25, 0.3) is 0 Å². The Morgan fingerprint density at radius 3 is 2.55 bits per heavy atom. The van der Waals surface area contributed by atoms with Crippen molar-refractivity contribution in [2.75, 3.05) is 0 Å². The van der Waals surface area contributed by atoms with Gasteiger partial charge in [0.1, 0.15) is 0 Å². The minimum atomic E-state index is 0.496. The molecule has 0 unspecified atom stereocenters. The number of nitroso groups, excluding NO2 is 1. The molecule has 0 aliphatic heterocycles. The Morgan fingerprint density at radius 1 is 1.36 bits per heavy atom. The quantitative estimate of drug-likeness (QED) is 0.591. The maximum Gasteiger partial charge on any atom is 0.0824 e. The molecular formula is C9H9NO. The Bertz CT molecular complexity index is 264. The van der Waals surface area contributed by atoms with Crippen LogP contribution in [0.3, 0.4) is 0 Å². The summed E-state index contributed by atoms with van der Waals surface area (Å²) in [6.45, 7) is 1.68. The van der Waals surface area contributed by atoms with Crippen LogP contribution in [0.4, 0.5) is 0 Å². The van der Waals surface area contributed by atoms with E-state index in [9.17, 15) is 4.91 Å². The summed E-state index contributed by atoms with van der Waals surface area (Å²) in [5.74, 6) is 0. The van der Waals surface area contributed by atoms with E-state index in [4.69, 9.17) is 0 Å². The molecule has 0 atom stereocenters. The Morgan fingerprint density at radius 2 is 2.00 bits per heavy atom. The van der Waals surface area contributed by atoms with Crippen LogP contribution in [0.15, 0.2) is 41.2 Å². The number of hydrogen-bond donors (Lipinski definition) is 0. The molecule has 0 heterocycles. The van der Waals surface area contributed by atoms with Crippen molar-refractivity contribution in [3.05, 3.63) is 46.5 Å². The maximum absolute atomic E-state index is 9.99. The van der Waals surface area contributed by atoms with Crippen LogP contribution in [0.25, 0.3) is 6.08 Å². The zero-order chi connectivity index (χ0) is 8.10. The van der Waals surface area contributed by atoms with Gasteiger partial charge in [-0.05, 0) is 23.7 Å². The number of rotatable bonds is 2. The molecule has 2 nitrogen and oxygen atoms in total. The second-order valence-electron chi connectivity index (χ2n) is 2.29. The molecule has 56 valence electrons. The topological polar surface area (TPSA) is 29.4 Å². The van der Waals surface area contributed by atoms with Gasteiger partial charge in [-0.1, -0.05) is 30.3 Å². The smallest absolute Gasteiger partial charge is 0.0824 e. The fourth-order valence-corrected chi connectivity index (χ4v) is 0.817. The Balaban J connectivity index is 2.87. The molecule has 0 radical (unpaired) electrons. The van der Waals surface area contributed by atoms with Crippen LogP contribution >= 0.6 is 0 Å². The highest BCUT2D eigenvalue weighted by Crippen LogP contribution is 2.05. The predicted molar refractivity (Wildman–Crippen MR) is 45.9 cm³/mol. The highest BCUT2D eigenvalue weighted by atomic mass is 16.3. The van der Waals surface area contributed by atoms with E-state index >= 15 is 0 Å². The minimum absolute atomic E-state index is 0.496. The molecule has 0 spiro atoms. The molecule has 0 aliphatic rings. The first-order valence-electron chi connectivity index (χ1n) is 3.39. The molecule has 0 saturated carbocycles. The van der Waals surface area contributed by atoms with E-state index in [1.165, 1.54) is 0 Å². The number of nitrogens with zero attached hydrogens (tertiary/aromatic N) is 1. The van der Waals surface area contributed by atoms with Crippen molar-refractivity contribution in [1.82, 2.24) is 0 Å². The molecule has 0 aromatic heterocycles. The molecule has 1 aromatic carbocycles. The van der Waals surface area contributed by atoms with Crippen molar-refractivity contribution in [2.24, 2.45) is 5.18 Å². The third-order valence-corrected chi connectivity index (χ3v) is 1.32. The zero-order valence-electron chi connectivity index (χ0n) is 6.32. The molecule has 0 aliphatic carbocycles. The van der Waals surface area contributed by atoms with Crippen molar-refractivity contribution in [3.8, 4) is 0 Å². The Kier molecular flexibility index (Phi) is 2.55. The van der Waals surface area contributed by atoms with Gasteiger partial charge in [0.2, 0.25) is 0 Å². The van der Waals surface area contributed by atoms with Crippen molar-refractivity contribution in [2.45, 2.75) is 6.92 Å². The first-order chi connectivity index (χ1) is 5.33. The second kappa shape index (κ2) is 3.66. The number of allylic oxidation sites excluding steroid dienone is 1. The highest BCUT2D eigenvalue weighted by Gasteiger charge is 1.86. The monoisotopic (exact) mass is 147 g/mol. The van der Waals surface area contributed by atoms with Crippen LogP contribution in [0.2, 0.25) is 0 Å². The highest BCUT2D eigenvalue weighted by molar-refractivity contribution is 5.51. The van der Waals surface area contributed by atoms with Crippen LogP contribution in [0.5, 0.6) is 0 Å². The van der Waals surface area contributed by atoms with Crippen LogP contribution in [-0.4, -0.2) is 0 Å². The third-order valence-electron chi connectivity index (χ3n) is 1.32. The van der Waals surface area contributed by atoms with E-state index in [0.717, 1.165) is 5.56 Å². The van der Waals surface area contributed by atoms with E-state index in [1.54, 1.807) is 13.0 Å². The van der Waals surface area contributed by atoms with Gasteiger partial charge in [0, 0.05) is 0 Å². The molecule has 0 amide bonds. The lowest BCUT2D eigenvalue weighted by Gasteiger charge is -1.90. The summed E-state index contributed by atoms with van der Waals surface area (Å²) in [7, 11) is 0. The third kappa shape index (κ3) is 2.34. The summed E-state index contributed by atoms with van der Waals surface area (Å²) in [6, 6.07) is 9.62. The molecule has 0 N–H and O–H groups in total. The summed E-state index contributed by atoms with van der Waals surface area (Å²) in [5, 5.41) is 2.79. The fourth-order valence-electron chi connectivity index (χ4n) is 0.817. The lowest BCUT2D eigenvalue weighted by atomic mass is 10.2. The van der Waals surface area contributed by atoms with Gasteiger partial charge >= 0.3 is 0 Å². The largest absolute Gasteiger partial charge is 0.145 e. The molecule has 0 saturated heterocycles. The molecule has 11 heavy (non-hydrogen) atoms. The van der Waals surface area contributed by atoms with E-state index in [-0.39, 0.29) is 0 Å². The van der Waals surface area contributed by atoms with Crippen molar-refractivity contribution in [3.63, 3.8) is 0 Å². The van der Waals surface area contributed by atoms with Gasteiger partial charge in [0.05, 0.1) is 5.70 Å².